The molecule has 1 aliphatic heterocycles. The van der Waals surface area contributed by atoms with E-state index in [0.29, 0.717) is 27.5 Å². The normalized spacial score (nSPS) is 19.6. The number of aromatic nitrogens is 2. The van der Waals surface area contributed by atoms with Crippen LogP contribution in [-0.4, -0.2) is 41.7 Å². The number of hydrogen-bond acceptors (Lipinski definition) is 6. The van der Waals surface area contributed by atoms with Crippen molar-refractivity contribution in [3.63, 3.8) is 0 Å². The Balaban J connectivity index is 0.00000208. The van der Waals surface area contributed by atoms with Crippen LogP contribution in [-0.2, 0) is 0 Å². The summed E-state index contributed by atoms with van der Waals surface area (Å²) < 4.78 is 11.2. The molecule has 3 rings (SSSR count). The van der Waals surface area contributed by atoms with Crippen molar-refractivity contribution < 1.29 is 9.26 Å². The second-order valence-electron chi connectivity index (χ2n) is 5.50. The van der Waals surface area contributed by atoms with Crippen LogP contribution in [0.3, 0.4) is 0 Å². The maximum atomic E-state index is 6.13. The standard InChI is InChI=1S/C15H18Cl2N4O2.ClH/c1-9(22-12-5-3-4-10(16)13(12)17)15-19-14(20-23-15)11-8-18-6-7-21(11)2;/h3-5,9,11,18H,6-8H2,1-2H3;1H. The molecule has 2 unspecified atom stereocenters. The van der Waals surface area contributed by atoms with Crippen molar-refractivity contribution in [1.82, 2.24) is 20.4 Å². The molecule has 0 aliphatic carbocycles. The van der Waals surface area contributed by atoms with E-state index in [1.165, 1.54) is 0 Å². The molecule has 0 saturated carbocycles. The van der Waals surface area contributed by atoms with Gasteiger partial charge in [-0.15, -0.1) is 12.4 Å². The van der Waals surface area contributed by atoms with E-state index in [-0.39, 0.29) is 18.4 Å². The predicted octanol–water partition coefficient (Wildman–Crippen LogP) is 3.51. The molecule has 2 atom stereocenters. The van der Waals surface area contributed by atoms with E-state index >= 15 is 0 Å². The highest BCUT2D eigenvalue weighted by molar-refractivity contribution is 6.42. The molecular formula is C15H19Cl3N4O2. The van der Waals surface area contributed by atoms with Gasteiger partial charge in [-0.2, -0.15) is 4.98 Å². The molecule has 1 fully saturated rings. The average Bonchev–Trinajstić information content (AvgIpc) is 3.02. The number of ether oxygens (including phenoxy) is 1. The Labute approximate surface area is 156 Å². The zero-order valence-corrected chi connectivity index (χ0v) is 15.7. The lowest BCUT2D eigenvalue weighted by molar-refractivity contribution is 0.173. The predicted molar refractivity (Wildman–Crippen MR) is 95.3 cm³/mol. The zero-order chi connectivity index (χ0) is 16.4. The molecule has 1 aliphatic rings. The van der Waals surface area contributed by atoms with Gasteiger partial charge in [-0.3, -0.25) is 4.90 Å². The highest BCUT2D eigenvalue weighted by Gasteiger charge is 2.27. The Morgan fingerprint density at radius 3 is 2.96 bits per heavy atom. The van der Waals surface area contributed by atoms with Gasteiger partial charge in [-0.25, -0.2) is 0 Å². The van der Waals surface area contributed by atoms with Crippen molar-refractivity contribution in [2.24, 2.45) is 0 Å². The fourth-order valence-corrected chi connectivity index (χ4v) is 2.79. The summed E-state index contributed by atoms with van der Waals surface area (Å²) in [4.78, 5) is 6.67. The summed E-state index contributed by atoms with van der Waals surface area (Å²) >= 11 is 12.1. The van der Waals surface area contributed by atoms with Gasteiger partial charge in [0.2, 0.25) is 0 Å². The molecule has 9 heteroatoms. The third kappa shape index (κ3) is 4.13. The van der Waals surface area contributed by atoms with E-state index in [1.807, 2.05) is 14.0 Å². The van der Waals surface area contributed by atoms with Gasteiger partial charge in [0.25, 0.3) is 5.89 Å². The van der Waals surface area contributed by atoms with E-state index in [2.05, 4.69) is 20.4 Å². The lowest BCUT2D eigenvalue weighted by atomic mass is 10.2. The number of hydrogen-bond donors (Lipinski definition) is 1. The topological polar surface area (TPSA) is 63.4 Å². The first kappa shape index (κ1) is 19.3. The Morgan fingerprint density at radius 2 is 2.21 bits per heavy atom. The first-order valence-electron chi connectivity index (χ1n) is 7.41. The van der Waals surface area contributed by atoms with E-state index in [4.69, 9.17) is 32.5 Å². The third-order valence-electron chi connectivity index (χ3n) is 3.83. The highest BCUT2D eigenvalue weighted by atomic mass is 35.5. The van der Waals surface area contributed by atoms with Crippen molar-refractivity contribution in [1.29, 1.82) is 0 Å². The van der Waals surface area contributed by atoms with Gasteiger partial charge in [-0.05, 0) is 26.1 Å². The minimum absolute atomic E-state index is 0. The fraction of sp³-hybridized carbons (Fsp3) is 0.467. The molecular weight excluding hydrogens is 375 g/mol. The van der Waals surface area contributed by atoms with Crippen LogP contribution in [0.4, 0.5) is 0 Å². The Morgan fingerprint density at radius 1 is 1.42 bits per heavy atom. The molecule has 0 amide bonds. The van der Waals surface area contributed by atoms with Crippen LogP contribution in [0.5, 0.6) is 5.75 Å². The van der Waals surface area contributed by atoms with Crippen molar-refractivity contribution in [2.75, 3.05) is 26.7 Å². The minimum Gasteiger partial charge on any atom is -0.479 e. The van der Waals surface area contributed by atoms with Crippen LogP contribution in [0.2, 0.25) is 10.0 Å². The van der Waals surface area contributed by atoms with Crippen LogP contribution in [0.25, 0.3) is 0 Å². The number of halogens is 3. The van der Waals surface area contributed by atoms with Crippen molar-refractivity contribution in [3.05, 3.63) is 40.0 Å². The summed E-state index contributed by atoms with van der Waals surface area (Å²) in [6.07, 6.45) is -0.422. The maximum absolute atomic E-state index is 6.13. The monoisotopic (exact) mass is 392 g/mol. The molecule has 1 aromatic heterocycles. The lowest BCUT2D eigenvalue weighted by Gasteiger charge is -2.30. The molecule has 132 valence electrons. The Bertz CT molecular complexity index is 682. The van der Waals surface area contributed by atoms with Crippen LogP contribution >= 0.6 is 35.6 Å². The van der Waals surface area contributed by atoms with Crippen molar-refractivity contribution >= 4 is 35.6 Å². The minimum atomic E-state index is -0.422. The number of benzene rings is 1. The molecule has 1 saturated heterocycles. The molecule has 1 N–H and O–H groups in total. The molecule has 2 aromatic rings. The SMILES string of the molecule is CC(Oc1cccc(Cl)c1Cl)c1nc(C2CNCCN2C)no1.Cl. The van der Waals surface area contributed by atoms with Gasteiger partial charge >= 0.3 is 0 Å². The van der Waals surface area contributed by atoms with Gasteiger partial charge in [0, 0.05) is 19.6 Å². The molecule has 0 bridgehead atoms. The summed E-state index contributed by atoms with van der Waals surface area (Å²) in [5.41, 5.74) is 0. The maximum Gasteiger partial charge on any atom is 0.267 e. The Hall–Kier alpha value is -1.05. The van der Waals surface area contributed by atoms with E-state index in [0.717, 1.165) is 19.6 Å². The van der Waals surface area contributed by atoms with E-state index in [1.54, 1.807) is 18.2 Å². The first-order chi connectivity index (χ1) is 11.1. The second kappa shape index (κ2) is 8.36. The summed E-state index contributed by atoms with van der Waals surface area (Å²) in [6, 6.07) is 5.33. The molecule has 2 heterocycles. The van der Waals surface area contributed by atoms with Crippen LogP contribution in [0.1, 0.15) is 30.8 Å². The highest BCUT2D eigenvalue weighted by Crippen LogP contribution is 2.34. The van der Waals surface area contributed by atoms with E-state index in [9.17, 15) is 0 Å². The summed E-state index contributed by atoms with van der Waals surface area (Å²) in [5.74, 6) is 1.56. The van der Waals surface area contributed by atoms with E-state index < -0.39 is 6.10 Å². The number of rotatable bonds is 4. The molecule has 24 heavy (non-hydrogen) atoms. The number of likely N-dealkylation sites (N-methyl/N-ethyl adjacent to an activating group) is 1. The summed E-state index contributed by atoms with van der Waals surface area (Å²) in [7, 11) is 2.05. The number of nitrogens with one attached hydrogen (secondary N) is 1. The molecule has 6 nitrogen and oxygen atoms in total. The lowest BCUT2D eigenvalue weighted by Crippen LogP contribution is -2.44. The van der Waals surface area contributed by atoms with Crippen LogP contribution < -0.4 is 10.1 Å². The van der Waals surface area contributed by atoms with Gasteiger partial charge in [0.15, 0.2) is 11.9 Å². The molecule has 0 spiro atoms. The van der Waals surface area contributed by atoms with Crippen molar-refractivity contribution in [3.8, 4) is 5.75 Å². The van der Waals surface area contributed by atoms with Gasteiger partial charge in [0.05, 0.1) is 11.1 Å². The number of piperazine rings is 1. The van der Waals surface area contributed by atoms with Crippen molar-refractivity contribution in [2.45, 2.75) is 19.1 Å². The van der Waals surface area contributed by atoms with Crippen LogP contribution in [0.15, 0.2) is 22.7 Å². The van der Waals surface area contributed by atoms with Gasteiger partial charge < -0.3 is 14.6 Å². The van der Waals surface area contributed by atoms with Gasteiger partial charge in [0.1, 0.15) is 10.8 Å². The smallest absolute Gasteiger partial charge is 0.267 e. The average molecular weight is 394 g/mol. The fourth-order valence-electron chi connectivity index (χ4n) is 2.46. The summed E-state index contributed by atoms with van der Waals surface area (Å²) in [5, 5.41) is 8.23. The first-order valence-corrected chi connectivity index (χ1v) is 8.17. The zero-order valence-electron chi connectivity index (χ0n) is 13.3. The third-order valence-corrected chi connectivity index (χ3v) is 4.64. The van der Waals surface area contributed by atoms with Crippen LogP contribution in [0, 0.1) is 0 Å². The largest absolute Gasteiger partial charge is 0.479 e. The Kier molecular flexibility index (Phi) is 6.71. The summed E-state index contributed by atoms with van der Waals surface area (Å²) in [6.45, 7) is 4.53. The number of nitrogens with zero attached hydrogens (tertiary/aromatic N) is 3. The quantitative estimate of drug-likeness (QED) is 0.857. The van der Waals surface area contributed by atoms with Gasteiger partial charge in [-0.1, -0.05) is 34.4 Å². The molecule has 0 radical (unpaired) electrons. The molecule has 1 aromatic carbocycles. The second-order valence-corrected chi connectivity index (χ2v) is 6.29.